The normalized spacial score (nSPS) is 26.7. The highest BCUT2D eigenvalue weighted by Crippen LogP contribution is 2.34. The van der Waals surface area contributed by atoms with Gasteiger partial charge < -0.3 is 10.1 Å². The van der Waals surface area contributed by atoms with E-state index in [2.05, 4.69) is 37.4 Å². The molecule has 0 radical (unpaired) electrons. The number of ether oxygens (including phenoxy) is 1. The minimum absolute atomic E-state index is 0.417. The van der Waals surface area contributed by atoms with E-state index in [9.17, 15) is 0 Å². The molecule has 3 rings (SSSR count). The third-order valence-corrected chi connectivity index (χ3v) is 4.80. The first-order valence-corrected chi connectivity index (χ1v) is 8.24. The highest BCUT2D eigenvalue weighted by molar-refractivity contribution is 5.36. The SMILES string of the molecule is CCCNC(c1ccc2c(c1)CCC2)C1COC(C)C1. The van der Waals surface area contributed by atoms with Gasteiger partial charge in [0.05, 0.1) is 12.7 Å². The molecule has 0 saturated carbocycles. The van der Waals surface area contributed by atoms with Crippen LogP contribution >= 0.6 is 0 Å². The Hall–Kier alpha value is -0.860. The molecule has 1 fully saturated rings. The predicted molar refractivity (Wildman–Crippen MR) is 83.0 cm³/mol. The average Bonchev–Trinajstić information content (AvgIpc) is 3.07. The molecule has 3 atom stereocenters. The molecule has 1 saturated heterocycles. The van der Waals surface area contributed by atoms with E-state index in [0.717, 1.165) is 13.2 Å². The van der Waals surface area contributed by atoms with Crippen LogP contribution in [0.25, 0.3) is 0 Å². The quantitative estimate of drug-likeness (QED) is 0.884. The van der Waals surface area contributed by atoms with E-state index in [-0.39, 0.29) is 0 Å². The van der Waals surface area contributed by atoms with Crippen LogP contribution in [0, 0.1) is 5.92 Å². The van der Waals surface area contributed by atoms with Gasteiger partial charge in [0.15, 0.2) is 0 Å². The van der Waals surface area contributed by atoms with E-state index in [4.69, 9.17) is 4.74 Å². The van der Waals surface area contributed by atoms with Gasteiger partial charge in [-0.15, -0.1) is 0 Å². The highest BCUT2D eigenvalue weighted by atomic mass is 16.5. The first kappa shape index (κ1) is 14.1. The molecule has 3 unspecified atom stereocenters. The van der Waals surface area contributed by atoms with Gasteiger partial charge >= 0.3 is 0 Å². The largest absolute Gasteiger partial charge is 0.378 e. The second kappa shape index (κ2) is 6.28. The number of nitrogens with one attached hydrogen (secondary N) is 1. The first-order valence-electron chi connectivity index (χ1n) is 8.24. The van der Waals surface area contributed by atoms with Gasteiger partial charge in [-0.3, -0.25) is 0 Å². The maximum absolute atomic E-state index is 5.80. The summed E-state index contributed by atoms with van der Waals surface area (Å²) < 4.78 is 5.80. The van der Waals surface area contributed by atoms with Crippen molar-refractivity contribution in [3.05, 3.63) is 34.9 Å². The monoisotopic (exact) mass is 273 g/mol. The Morgan fingerprint density at radius 3 is 2.90 bits per heavy atom. The molecule has 2 aliphatic rings. The van der Waals surface area contributed by atoms with Gasteiger partial charge in [-0.25, -0.2) is 0 Å². The topological polar surface area (TPSA) is 21.3 Å². The minimum Gasteiger partial charge on any atom is -0.378 e. The molecule has 1 aliphatic carbocycles. The second-order valence-electron chi connectivity index (χ2n) is 6.45. The van der Waals surface area contributed by atoms with Crippen molar-refractivity contribution >= 4 is 0 Å². The molecule has 1 heterocycles. The predicted octanol–water partition coefficient (Wildman–Crippen LogP) is 3.64. The Balaban J connectivity index is 1.80. The van der Waals surface area contributed by atoms with Crippen LogP contribution in [0.1, 0.15) is 55.8 Å². The molecule has 0 bridgehead atoms. The zero-order valence-corrected chi connectivity index (χ0v) is 12.8. The van der Waals surface area contributed by atoms with Crippen molar-refractivity contribution in [2.75, 3.05) is 13.2 Å². The first-order chi connectivity index (χ1) is 9.78. The second-order valence-corrected chi connectivity index (χ2v) is 6.45. The van der Waals surface area contributed by atoms with Gasteiger partial charge in [0.25, 0.3) is 0 Å². The van der Waals surface area contributed by atoms with Gasteiger partial charge in [-0.1, -0.05) is 25.1 Å². The van der Waals surface area contributed by atoms with E-state index in [1.54, 1.807) is 11.1 Å². The molecule has 1 aromatic carbocycles. The third-order valence-electron chi connectivity index (χ3n) is 4.80. The molecule has 1 N–H and O–H groups in total. The zero-order chi connectivity index (χ0) is 13.9. The Bertz CT molecular complexity index is 457. The van der Waals surface area contributed by atoms with Crippen LogP contribution in [0.3, 0.4) is 0 Å². The maximum Gasteiger partial charge on any atom is 0.0551 e. The van der Waals surface area contributed by atoms with Gasteiger partial charge in [0, 0.05) is 12.0 Å². The summed E-state index contributed by atoms with van der Waals surface area (Å²) in [6.45, 7) is 6.42. The van der Waals surface area contributed by atoms with Gasteiger partial charge in [0.2, 0.25) is 0 Å². The van der Waals surface area contributed by atoms with Crippen molar-refractivity contribution in [3.8, 4) is 0 Å². The van der Waals surface area contributed by atoms with Crippen molar-refractivity contribution in [3.63, 3.8) is 0 Å². The fourth-order valence-electron chi connectivity index (χ4n) is 3.72. The highest BCUT2D eigenvalue weighted by Gasteiger charge is 2.30. The summed E-state index contributed by atoms with van der Waals surface area (Å²) in [5, 5.41) is 3.76. The summed E-state index contributed by atoms with van der Waals surface area (Å²) >= 11 is 0. The van der Waals surface area contributed by atoms with E-state index < -0.39 is 0 Å². The zero-order valence-electron chi connectivity index (χ0n) is 12.8. The number of rotatable bonds is 5. The van der Waals surface area contributed by atoms with Crippen molar-refractivity contribution in [1.82, 2.24) is 5.32 Å². The summed E-state index contributed by atoms with van der Waals surface area (Å²) in [6.07, 6.45) is 6.65. The van der Waals surface area contributed by atoms with Crippen molar-refractivity contribution in [1.29, 1.82) is 0 Å². The maximum atomic E-state index is 5.80. The van der Waals surface area contributed by atoms with E-state index in [0.29, 0.717) is 18.1 Å². The van der Waals surface area contributed by atoms with Crippen LogP contribution in [0.15, 0.2) is 18.2 Å². The minimum atomic E-state index is 0.417. The number of hydrogen-bond acceptors (Lipinski definition) is 2. The molecular formula is C18H27NO. The van der Waals surface area contributed by atoms with Crippen molar-refractivity contribution in [2.45, 2.75) is 58.1 Å². The summed E-state index contributed by atoms with van der Waals surface area (Å²) in [7, 11) is 0. The summed E-state index contributed by atoms with van der Waals surface area (Å²) in [5.74, 6) is 0.621. The number of benzene rings is 1. The molecule has 2 nitrogen and oxygen atoms in total. The lowest BCUT2D eigenvalue weighted by Crippen LogP contribution is -2.29. The fraction of sp³-hybridized carbons (Fsp3) is 0.667. The Morgan fingerprint density at radius 2 is 2.15 bits per heavy atom. The smallest absolute Gasteiger partial charge is 0.0551 e. The Morgan fingerprint density at radius 1 is 1.30 bits per heavy atom. The van der Waals surface area contributed by atoms with Crippen LogP contribution in [-0.2, 0) is 17.6 Å². The number of aryl methyl sites for hydroxylation is 2. The lowest BCUT2D eigenvalue weighted by Gasteiger charge is -2.25. The summed E-state index contributed by atoms with van der Waals surface area (Å²) in [6, 6.07) is 7.63. The van der Waals surface area contributed by atoms with Crippen LogP contribution in [-0.4, -0.2) is 19.3 Å². The molecule has 2 heteroatoms. The molecule has 1 aromatic rings. The average molecular weight is 273 g/mol. The Kier molecular flexibility index (Phi) is 4.42. The van der Waals surface area contributed by atoms with Gasteiger partial charge in [0.1, 0.15) is 0 Å². The van der Waals surface area contributed by atoms with Crippen LogP contribution in [0.4, 0.5) is 0 Å². The molecule has 0 amide bonds. The lowest BCUT2D eigenvalue weighted by atomic mass is 9.89. The summed E-state index contributed by atoms with van der Waals surface area (Å²) in [4.78, 5) is 0. The molecule has 110 valence electrons. The molecule has 20 heavy (non-hydrogen) atoms. The molecule has 0 spiro atoms. The molecule has 0 aromatic heterocycles. The van der Waals surface area contributed by atoms with E-state index >= 15 is 0 Å². The fourth-order valence-corrected chi connectivity index (χ4v) is 3.72. The lowest BCUT2D eigenvalue weighted by molar-refractivity contribution is 0.117. The van der Waals surface area contributed by atoms with Crippen LogP contribution in [0.2, 0.25) is 0 Å². The van der Waals surface area contributed by atoms with Crippen molar-refractivity contribution < 1.29 is 4.74 Å². The summed E-state index contributed by atoms with van der Waals surface area (Å²) in [5.41, 5.74) is 4.62. The molecular weight excluding hydrogens is 246 g/mol. The number of hydrogen-bond donors (Lipinski definition) is 1. The van der Waals surface area contributed by atoms with Crippen LogP contribution in [0.5, 0.6) is 0 Å². The third kappa shape index (κ3) is 2.91. The van der Waals surface area contributed by atoms with Gasteiger partial charge in [-0.2, -0.15) is 0 Å². The van der Waals surface area contributed by atoms with Crippen LogP contribution < -0.4 is 5.32 Å². The number of fused-ring (bicyclic) bond motifs is 1. The van der Waals surface area contributed by atoms with E-state index in [1.165, 1.54) is 37.7 Å². The Labute approximate surface area is 122 Å². The van der Waals surface area contributed by atoms with Crippen molar-refractivity contribution in [2.24, 2.45) is 5.92 Å². The standard InChI is InChI=1S/C18H27NO/c1-3-9-19-18(17-10-13(2)20-12-17)16-8-7-14-5-4-6-15(14)11-16/h7-8,11,13,17-19H,3-6,9-10,12H2,1-2H3. The molecule has 1 aliphatic heterocycles. The van der Waals surface area contributed by atoms with E-state index in [1.807, 2.05) is 0 Å². The van der Waals surface area contributed by atoms with Gasteiger partial charge in [-0.05, 0) is 62.3 Å².